The number of pyridine rings is 1. The number of hydrogen-bond acceptors (Lipinski definition) is 7. The van der Waals surface area contributed by atoms with Gasteiger partial charge in [-0.05, 0) is 49.1 Å². The molecule has 3 aromatic rings. The van der Waals surface area contributed by atoms with Crippen molar-refractivity contribution in [3.63, 3.8) is 0 Å². The van der Waals surface area contributed by atoms with Crippen LogP contribution in [0.3, 0.4) is 0 Å². The molecule has 0 atom stereocenters. The Hall–Kier alpha value is -3.42. The summed E-state index contributed by atoms with van der Waals surface area (Å²) in [4.78, 5) is 19.4. The lowest BCUT2D eigenvalue weighted by atomic mass is 10.2. The summed E-state index contributed by atoms with van der Waals surface area (Å²) in [5.41, 5.74) is 1.46. The van der Waals surface area contributed by atoms with Gasteiger partial charge in [-0.2, -0.15) is 8.42 Å². The summed E-state index contributed by atoms with van der Waals surface area (Å²) in [5, 5.41) is 10.5. The second kappa shape index (κ2) is 8.30. The summed E-state index contributed by atoms with van der Waals surface area (Å²) in [6.07, 6.45) is 0. The normalized spacial score (nSPS) is 10.7. The van der Waals surface area contributed by atoms with Gasteiger partial charge in [0.1, 0.15) is 11.4 Å². The zero-order valence-electron chi connectivity index (χ0n) is 15.3. The van der Waals surface area contributed by atoms with Crippen LogP contribution in [-0.4, -0.2) is 36.6 Å². The van der Waals surface area contributed by atoms with Crippen molar-refractivity contribution in [3.05, 3.63) is 63.7 Å². The first-order valence-corrected chi connectivity index (χ1v) is 10.5. The number of anilines is 1. The molecule has 0 saturated heterocycles. The number of sulfonamides is 1. The Bertz CT molecular complexity index is 1240. The molecule has 0 radical (unpaired) electrons. The molecular weight excluding hydrogens is 414 g/mol. The highest BCUT2D eigenvalue weighted by Gasteiger charge is 2.20. The molecule has 0 spiro atoms. The van der Waals surface area contributed by atoms with Gasteiger partial charge in [0.15, 0.2) is 10.0 Å². The van der Waals surface area contributed by atoms with Crippen LogP contribution in [0.1, 0.15) is 26.8 Å². The first-order chi connectivity index (χ1) is 13.8. The summed E-state index contributed by atoms with van der Waals surface area (Å²) in [5.74, 6) is 4.58. The third-order valence-electron chi connectivity index (χ3n) is 3.64. The van der Waals surface area contributed by atoms with Crippen molar-refractivity contribution < 1.29 is 23.1 Å². The highest BCUT2D eigenvalue weighted by molar-refractivity contribution is 7.92. The molecule has 0 bridgehead atoms. The fourth-order valence-electron chi connectivity index (χ4n) is 2.28. The Morgan fingerprint density at radius 3 is 2.69 bits per heavy atom. The molecule has 2 heterocycles. The van der Waals surface area contributed by atoms with Crippen LogP contribution in [0.2, 0.25) is 0 Å². The molecule has 0 amide bonds. The molecule has 29 heavy (non-hydrogen) atoms. The van der Waals surface area contributed by atoms with Crippen molar-refractivity contribution in [2.24, 2.45) is 0 Å². The second-order valence-electron chi connectivity index (χ2n) is 5.73. The lowest BCUT2D eigenvalue weighted by Crippen LogP contribution is -2.14. The molecule has 8 nitrogen and oxygen atoms in total. The van der Waals surface area contributed by atoms with E-state index in [1.807, 2.05) is 19.1 Å². The maximum absolute atomic E-state index is 12.6. The first-order valence-electron chi connectivity index (χ1n) is 8.14. The summed E-state index contributed by atoms with van der Waals surface area (Å²) in [6, 6.07) is 9.25. The molecule has 1 aromatic carbocycles. The van der Waals surface area contributed by atoms with Crippen LogP contribution in [0.4, 0.5) is 5.69 Å². The van der Waals surface area contributed by atoms with E-state index < -0.39 is 16.0 Å². The number of carbonyl (C=O) groups is 1. The molecule has 0 saturated carbocycles. The van der Waals surface area contributed by atoms with Crippen molar-refractivity contribution in [3.8, 4) is 17.6 Å². The van der Waals surface area contributed by atoms with E-state index in [-0.39, 0.29) is 22.0 Å². The minimum absolute atomic E-state index is 0.0271. The van der Waals surface area contributed by atoms with Crippen molar-refractivity contribution in [1.82, 2.24) is 9.97 Å². The van der Waals surface area contributed by atoms with Gasteiger partial charge in [0.25, 0.3) is 10.0 Å². The number of benzene rings is 1. The molecule has 2 aromatic heterocycles. The molecule has 0 aliphatic rings. The van der Waals surface area contributed by atoms with Crippen LogP contribution in [0, 0.1) is 18.8 Å². The van der Waals surface area contributed by atoms with E-state index in [1.54, 1.807) is 6.07 Å². The maximum atomic E-state index is 12.6. The predicted molar refractivity (Wildman–Crippen MR) is 108 cm³/mol. The highest BCUT2D eigenvalue weighted by Crippen LogP contribution is 2.28. The van der Waals surface area contributed by atoms with Gasteiger partial charge in [-0.15, -0.1) is 11.3 Å². The zero-order chi connectivity index (χ0) is 21.0. The number of ether oxygens (including phenoxy) is 1. The van der Waals surface area contributed by atoms with Crippen LogP contribution in [0.5, 0.6) is 5.75 Å². The number of nitrogens with zero attached hydrogens (tertiary/aromatic N) is 2. The van der Waals surface area contributed by atoms with Gasteiger partial charge in [0.05, 0.1) is 18.4 Å². The highest BCUT2D eigenvalue weighted by atomic mass is 32.2. The smallest absolute Gasteiger partial charge is 0.335 e. The molecule has 0 aliphatic heterocycles. The number of thiazole rings is 1. The Morgan fingerprint density at radius 1 is 1.21 bits per heavy atom. The SMILES string of the molecule is COc1cc(C(=O)O)ccc1NS(=O)(=O)c1csc(C#Cc2cccc(C)n2)n1. The Balaban J connectivity index is 1.84. The van der Waals surface area contributed by atoms with E-state index >= 15 is 0 Å². The van der Waals surface area contributed by atoms with Gasteiger partial charge < -0.3 is 9.84 Å². The minimum atomic E-state index is -4.01. The number of aromatic nitrogens is 2. The molecule has 10 heteroatoms. The minimum Gasteiger partial charge on any atom is -0.495 e. The second-order valence-corrected chi connectivity index (χ2v) is 8.22. The van der Waals surface area contributed by atoms with E-state index in [2.05, 4.69) is 26.5 Å². The molecule has 0 unspecified atom stereocenters. The van der Waals surface area contributed by atoms with Crippen LogP contribution < -0.4 is 9.46 Å². The van der Waals surface area contributed by atoms with Gasteiger partial charge in [0, 0.05) is 11.1 Å². The third-order valence-corrected chi connectivity index (χ3v) is 5.79. The van der Waals surface area contributed by atoms with E-state index in [4.69, 9.17) is 9.84 Å². The molecule has 2 N–H and O–H groups in total. The van der Waals surface area contributed by atoms with Crippen LogP contribution in [0.25, 0.3) is 0 Å². The number of aryl methyl sites for hydroxylation is 1. The largest absolute Gasteiger partial charge is 0.495 e. The number of aromatic carboxylic acids is 1. The van der Waals surface area contributed by atoms with Gasteiger partial charge in [-0.1, -0.05) is 6.07 Å². The fraction of sp³-hybridized carbons (Fsp3) is 0.105. The number of hydrogen-bond donors (Lipinski definition) is 2. The third kappa shape index (κ3) is 4.90. The monoisotopic (exact) mass is 429 g/mol. The van der Waals surface area contributed by atoms with Crippen LogP contribution in [0.15, 0.2) is 46.8 Å². The van der Waals surface area contributed by atoms with E-state index in [1.165, 1.54) is 30.7 Å². The van der Waals surface area contributed by atoms with Crippen LogP contribution in [-0.2, 0) is 10.0 Å². The standard InChI is InChI=1S/C19H15N3O5S2/c1-12-4-3-5-14(20-12)7-9-17-21-18(11-28-17)29(25,26)22-15-8-6-13(19(23)24)10-16(15)27-2/h3-6,8,10-11,22H,1-2H3,(H,23,24). The summed E-state index contributed by atoms with van der Waals surface area (Å²) in [7, 11) is -2.70. The number of carboxylic acid groups (broad SMARTS) is 1. The average Bonchev–Trinajstić information content (AvgIpc) is 3.16. The van der Waals surface area contributed by atoms with E-state index in [0.29, 0.717) is 10.7 Å². The lowest BCUT2D eigenvalue weighted by molar-refractivity contribution is 0.0696. The number of nitrogens with one attached hydrogen (secondary N) is 1. The number of carboxylic acids is 1. The van der Waals surface area contributed by atoms with Crippen molar-refractivity contribution in [2.45, 2.75) is 11.9 Å². The van der Waals surface area contributed by atoms with E-state index in [9.17, 15) is 13.2 Å². The van der Waals surface area contributed by atoms with Crippen LogP contribution >= 0.6 is 11.3 Å². The molecule has 0 fully saturated rings. The predicted octanol–water partition coefficient (Wildman–Crippen LogP) is 2.75. The topological polar surface area (TPSA) is 118 Å². The number of methoxy groups -OCH3 is 1. The lowest BCUT2D eigenvalue weighted by Gasteiger charge is -2.11. The molecular formula is C19H15N3O5S2. The molecule has 3 rings (SSSR count). The Morgan fingerprint density at radius 2 is 2.00 bits per heavy atom. The first kappa shape index (κ1) is 20.3. The Labute approximate surface area is 171 Å². The van der Waals surface area contributed by atoms with Gasteiger partial charge in [-0.25, -0.2) is 14.8 Å². The van der Waals surface area contributed by atoms with Gasteiger partial charge in [-0.3, -0.25) is 4.72 Å². The fourth-order valence-corrected chi connectivity index (χ4v) is 4.28. The molecule has 0 aliphatic carbocycles. The maximum Gasteiger partial charge on any atom is 0.335 e. The van der Waals surface area contributed by atoms with Crippen molar-refractivity contribution in [1.29, 1.82) is 0 Å². The van der Waals surface area contributed by atoms with Crippen molar-refractivity contribution in [2.75, 3.05) is 11.8 Å². The van der Waals surface area contributed by atoms with E-state index in [0.717, 1.165) is 17.0 Å². The summed E-state index contributed by atoms with van der Waals surface area (Å²) >= 11 is 1.09. The average molecular weight is 429 g/mol. The Kier molecular flexibility index (Phi) is 5.81. The van der Waals surface area contributed by atoms with Gasteiger partial charge in [0.2, 0.25) is 0 Å². The zero-order valence-corrected chi connectivity index (χ0v) is 17.0. The van der Waals surface area contributed by atoms with Crippen molar-refractivity contribution >= 4 is 33.0 Å². The summed E-state index contributed by atoms with van der Waals surface area (Å²) in [6.45, 7) is 1.85. The number of rotatable bonds is 5. The quantitative estimate of drug-likeness (QED) is 0.599. The van der Waals surface area contributed by atoms with Gasteiger partial charge >= 0.3 is 5.97 Å². The molecule has 148 valence electrons. The summed E-state index contributed by atoms with van der Waals surface area (Å²) < 4.78 is 32.7.